The average Bonchev–Trinajstić information content (AvgIpc) is 2.79. The molecule has 0 radical (unpaired) electrons. The third kappa shape index (κ3) is 5.52. The molecular weight excluding hydrogens is 427 g/mol. The first-order chi connectivity index (χ1) is 15.8. The zero-order valence-corrected chi connectivity index (χ0v) is 19.8. The summed E-state index contributed by atoms with van der Waals surface area (Å²) in [6.07, 6.45) is 0. The Labute approximate surface area is 194 Å². The molecule has 0 aromatic heterocycles. The van der Waals surface area contributed by atoms with Crippen LogP contribution in [0.3, 0.4) is 0 Å². The van der Waals surface area contributed by atoms with Crippen molar-refractivity contribution in [3.05, 3.63) is 46.9 Å². The fraction of sp³-hybridized carbons (Fsp3) is 0.542. The highest BCUT2D eigenvalue weighted by Crippen LogP contribution is 2.32. The number of nitrogens with zero attached hydrogens (tertiary/aromatic N) is 3. The number of likely N-dealkylation sites (N-methyl/N-ethyl adjacent to an activating group) is 1. The zero-order valence-electron chi connectivity index (χ0n) is 19.8. The molecular formula is C24H33FN4O4. The van der Waals surface area contributed by atoms with Crippen molar-refractivity contribution in [2.45, 2.75) is 33.7 Å². The van der Waals surface area contributed by atoms with Crippen LogP contribution in [0.2, 0.25) is 0 Å². The van der Waals surface area contributed by atoms with Crippen molar-refractivity contribution in [1.82, 2.24) is 20.0 Å². The van der Waals surface area contributed by atoms with Crippen LogP contribution < -0.4 is 5.32 Å². The Kier molecular flexibility index (Phi) is 8.07. The van der Waals surface area contributed by atoms with E-state index in [-0.39, 0.29) is 24.5 Å². The summed E-state index contributed by atoms with van der Waals surface area (Å²) in [5.74, 6) is -0.914. The molecule has 1 fully saturated rings. The number of hydrogen-bond acceptors (Lipinski definition) is 5. The molecule has 1 saturated heterocycles. The second kappa shape index (κ2) is 10.8. The Bertz CT molecular complexity index is 925. The number of ether oxygens (including phenoxy) is 1. The predicted octanol–water partition coefficient (Wildman–Crippen LogP) is 2.53. The van der Waals surface area contributed by atoms with E-state index in [0.29, 0.717) is 56.1 Å². The highest BCUT2D eigenvalue weighted by atomic mass is 19.1. The van der Waals surface area contributed by atoms with Crippen LogP contribution in [0.25, 0.3) is 0 Å². The van der Waals surface area contributed by atoms with Gasteiger partial charge >= 0.3 is 12.0 Å². The molecule has 0 saturated carbocycles. The van der Waals surface area contributed by atoms with Gasteiger partial charge in [-0.25, -0.2) is 14.0 Å². The highest BCUT2D eigenvalue weighted by molar-refractivity contribution is 5.95. The highest BCUT2D eigenvalue weighted by Gasteiger charge is 2.38. The molecule has 0 aliphatic carbocycles. The minimum Gasteiger partial charge on any atom is -0.463 e. The van der Waals surface area contributed by atoms with E-state index in [0.717, 1.165) is 0 Å². The number of rotatable bonds is 7. The topological polar surface area (TPSA) is 82.2 Å². The zero-order chi connectivity index (χ0) is 24.1. The number of hydrogen-bond donors (Lipinski definition) is 1. The fourth-order valence-corrected chi connectivity index (χ4v) is 4.30. The molecule has 2 aliphatic heterocycles. The number of amides is 3. The Hall–Kier alpha value is -2.94. The van der Waals surface area contributed by atoms with Crippen molar-refractivity contribution < 1.29 is 23.5 Å². The largest absolute Gasteiger partial charge is 0.463 e. The summed E-state index contributed by atoms with van der Waals surface area (Å²) in [5.41, 5.74) is 1.34. The fourth-order valence-electron chi connectivity index (χ4n) is 4.30. The summed E-state index contributed by atoms with van der Waals surface area (Å²) in [4.78, 5) is 43.9. The summed E-state index contributed by atoms with van der Waals surface area (Å²) < 4.78 is 19.3. The van der Waals surface area contributed by atoms with E-state index < -0.39 is 17.8 Å². The Morgan fingerprint density at radius 2 is 1.88 bits per heavy atom. The van der Waals surface area contributed by atoms with Gasteiger partial charge in [-0.3, -0.25) is 14.6 Å². The second-order valence-corrected chi connectivity index (χ2v) is 8.52. The van der Waals surface area contributed by atoms with Gasteiger partial charge in [0.05, 0.1) is 18.2 Å². The first-order valence-electron chi connectivity index (χ1n) is 11.5. The number of nitrogens with one attached hydrogen (secondary N) is 1. The van der Waals surface area contributed by atoms with E-state index in [9.17, 15) is 18.8 Å². The molecule has 0 bridgehead atoms. The van der Waals surface area contributed by atoms with Gasteiger partial charge in [0.15, 0.2) is 0 Å². The molecule has 1 N–H and O–H groups in total. The molecule has 3 rings (SSSR count). The average molecular weight is 461 g/mol. The lowest BCUT2D eigenvalue weighted by Gasteiger charge is -2.40. The van der Waals surface area contributed by atoms with Crippen LogP contribution in [0, 0.1) is 11.7 Å². The summed E-state index contributed by atoms with van der Waals surface area (Å²) in [7, 11) is 0. The van der Waals surface area contributed by atoms with Crippen molar-refractivity contribution in [1.29, 1.82) is 0 Å². The van der Waals surface area contributed by atoms with Gasteiger partial charge < -0.3 is 15.0 Å². The first kappa shape index (κ1) is 24.7. The van der Waals surface area contributed by atoms with E-state index in [2.05, 4.69) is 10.2 Å². The molecule has 1 aromatic carbocycles. The predicted molar refractivity (Wildman–Crippen MR) is 122 cm³/mol. The van der Waals surface area contributed by atoms with Crippen LogP contribution in [-0.2, 0) is 14.3 Å². The van der Waals surface area contributed by atoms with Crippen LogP contribution >= 0.6 is 0 Å². The van der Waals surface area contributed by atoms with Gasteiger partial charge in [-0.1, -0.05) is 26.0 Å². The van der Waals surface area contributed by atoms with Crippen LogP contribution in [0.4, 0.5) is 9.18 Å². The van der Waals surface area contributed by atoms with E-state index in [1.54, 1.807) is 19.1 Å². The molecule has 3 amide bonds. The number of carbonyl (C=O) groups is 3. The maximum absolute atomic E-state index is 14.0. The van der Waals surface area contributed by atoms with Gasteiger partial charge in [0.2, 0.25) is 5.91 Å². The third-order valence-electron chi connectivity index (χ3n) is 5.98. The van der Waals surface area contributed by atoms with Gasteiger partial charge in [-0.15, -0.1) is 0 Å². The number of urea groups is 1. The van der Waals surface area contributed by atoms with Crippen molar-refractivity contribution in [2.75, 3.05) is 45.9 Å². The maximum atomic E-state index is 14.0. The molecule has 1 unspecified atom stereocenters. The number of esters is 1. The summed E-state index contributed by atoms with van der Waals surface area (Å²) >= 11 is 0. The Morgan fingerprint density at radius 3 is 2.45 bits per heavy atom. The molecule has 9 heteroatoms. The number of halogens is 1. The Morgan fingerprint density at radius 1 is 1.18 bits per heavy atom. The monoisotopic (exact) mass is 460 g/mol. The Balaban J connectivity index is 1.95. The summed E-state index contributed by atoms with van der Waals surface area (Å²) in [6, 6.07) is 4.72. The van der Waals surface area contributed by atoms with Gasteiger partial charge in [0.1, 0.15) is 5.82 Å². The SMILES string of the molecule is CCOC(=O)C1=C(CN2CCN(C(=O)C(C)C)CC2)N(CC)C(=O)NC1c1cccc(F)c1. The third-order valence-corrected chi connectivity index (χ3v) is 5.98. The second-order valence-electron chi connectivity index (χ2n) is 8.52. The van der Waals surface area contributed by atoms with E-state index in [1.165, 1.54) is 17.0 Å². The van der Waals surface area contributed by atoms with Crippen LogP contribution in [0.1, 0.15) is 39.3 Å². The lowest BCUT2D eigenvalue weighted by molar-refractivity contribution is -0.139. The molecule has 33 heavy (non-hydrogen) atoms. The molecule has 2 heterocycles. The van der Waals surface area contributed by atoms with E-state index in [1.807, 2.05) is 25.7 Å². The number of benzene rings is 1. The molecule has 0 spiro atoms. The lowest BCUT2D eigenvalue weighted by atomic mass is 9.94. The minimum atomic E-state index is -0.811. The van der Waals surface area contributed by atoms with Gasteiger partial charge in [0.25, 0.3) is 0 Å². The van der Waals surface area contributed by atoms with E-state index >= 15 is 0 Å². The van der Waals surface area contributed by atoms with Crippen LogP contribution in [-0.4, -0.2) is 78.5 Å². The smallest absolute Gasteiger partial charge is 0.338 e. The van der Waals surface area contributed by atoms with Crippen LogP contribution in [0.15, 0.2) is 35.5 Å². The minimum absolute atomic E-state index is 0.0562. The molecule has 1 atom stereocenters. The number of carbonyl (C=O) groups excluding carboxylic acids is 3. The number of piperazine rings is 1. The normalized spacial score (nSPS) is 19.7. The van der Waals surface area contributed by atoms with E-state index in [4.69, 9.17) is 4.74 Å². The van der Waals surface area contributed by atoms with Gasteiger partial charge in [-0.05, 0) is 31.5 Å². The standard InChI is InChI=1S/C24H33FN4O4/c1-5-29-19(15-27-10-12-28(13-11-27)22(30)16(3)4)20(23(31)33-6-2)21(26-24(29)32)17-8-7-9-18(25)14-17/h7-9,14,16,21H,5-6,10-13,15H2,1-4H3,(H,26,32). The lowest BCUT2D eigenvalue weighted by Crippen LogP contribution is -2.54. The summed E-state index contributed by atoms with van der Waals surface area (Å²) in [6.45, 7) is 10.7. The quantitative estimate of drug-likeness (QED) is 0.633. The van der Waals surface area contributed by atoms with Gasteiger partial charge in [0, 0.05) is 50.9 Å². The molecule has 1 aromatic rings. The molecule has 8 nitrogen and oxygen atoms in total. The van der Waals surface area contributed by atoms with Crippen LogP contribution in [0.5, 0.6) is 0 Å². The van der Waals surface area contributed by atoms with Crippen molar-refractivity contribution in [3.8, 4) is 0 Å². The molecule has 180 valence electrons. The first-order valence-corrected chi connectivity index (χ1v) is 11.5. The maximum Gasteiger partial charge on any atom is 0.338 e. The van der Waals surface area contributed by atoms with Crippen molar-refractivity contribution in [3.63, 3.8) is 0 Å². The van der Waals surface area contributed by atoms with Crippen molar-refractivity contribution in [2.24, 2.45) is 5.92 Å². The van der Waals surface area contributed by atoms with Gasteiger partial charge in [-0.2, -0.15) is 0 Å². The van der Waals surface area contributed by atoms with Crippen molar-refractivity contribution >= 4 is 17.9 Å². The molecule has 2 aliphatic rings. The summed E-state index contributed by atoms with van der Waals surface area (Å²) in [5, 5.41) is 2.84.